The molecule has 26 heavy (non-hydrogen) atoms. The average Bonchev–Trinajstić information content (AvgIpc) is 3.10. The molecule has 0 spiro atoms. The minimum Gasteiger partial charge on any atom is -0.322 e. The van der Waals surface area contributed by atoms with Crippen molar-refractivity contribution in [2.24, 2.45) is 0 Å². The molecule has 0 saturated heterocycles. The first-order valence-corrected chi connectivity index (χ1v) is 8.01. The Morgan fingerprint density at radius 1 is 1.08 bits per heavy atom. The standard InChI is InChI=1S/C19H15N5O2/c1-11-7-13-10-20-24-18(13)15(8-11)19(26)21-14-4-2-3-12(9-14)16-5-6-17(25)23-22-16/h2-10H,1H3,(H,20,24)(H,21,26)(H,23,25). The number of benzene rings is 2. The minimum absolute atomic E-state index is 0.227. The van der Waals surface area contributed by atoms with Crippen molar-refractivity contribution in [3.05, 3.63) is 76.2 Å². The maximum atomic E-state index is 12.7. The Labute approximate surface area is 148 Å². The van der Waals surface area contributed by atoms with Crippen LogP contribution >= 0.6 is 0 Å². The highest BCUT2D eigenvalue weighted by atomic mass is 16.1. The predicted octanol–water partition coefficient (Wildman–Crippen LogP) is 2.87. The number of rotatable bonds is 3. The predicted molar refractivity (Wildman–Crippen MR) is 99.1 cm³/mol. The van der Waals surface area contributed by atoms with E-state index in [4.69, 9.17) is 0 Å². The number of H-pyrrole nitrogens is 2. The topological polar surface area (TPSA) is 104 Å². The Hall–Kier alpha value is -3.74. The highest BCUT2D eigenvalue weighted by Crippen LogP contribution is 2.22. The molecule has 7 nitrogen and oxygen atoms in total. The number of aryl methyl sites for hydroxylation is 1. The smallest absolute Gasteiger partial charge is 0.264 e. The van der Waals surface area contributed by atoms with Gasteiger partial charge in [-0.15, -0.1) is 0 Å². The van der Waals surface area contributed by atoms with Gasteiger partial charge in [-0.2, -0.15) is 10.2 Å². The van der Waals surface area contributed by atoms with Gasteiger partial charge in [-0.1, -0.05) is 12.1 Å². The molecule has 0 atom stereocenters. The molecule has 0 aliphatic rings. The lowest BCUT2D eigenvalue weighted by Gasteiger charge is -2.09. The first-order valence-electron chi connectivity index (χ1n) is 8.01. The van der Waals surface area contributed by atoms with Crippen LogP contribution in [0.3, 0.4) is 0 Å². The third-order valence-electron chi connectivity index (χ3n) is 4.03. The molecular weight excluding hydrogens is 330 g/mol. The number of hydrogen-bond donors (Lipinski definition) is 3. The Morgan fingerprint density at radius 2 is 1.96 bits per heavy atom. The van der Waals surface area contributed by atoms with Gasteiger partial charge < -0.3 is 5.32 Å². The summed E-state index contributed by atoms with van der Waals surface area (Å²) in [6, 6.07) is 14.1. The van der Waals surface area contributed by atoms with E-state index in [9.17, 15) is 9.59 Å². The van der Waals surface area contributed by atoms with Crippen molar-refractivity contribution in [2.45, 2.75) is 6.92 Å². The fraction of sp³-hybridized carbons (Fsp3) is 0.0526. The normalized spacial score (nSPS) is 10.8. The zero-order valence-electron chi connectivity index (χ0n) is 13.9. The molecule has 128 valence electrons. The molecule has 0 bridgehead atoms. The van der Waals surface area contributed by atoms with E-state index in [1.165, 1.54) is 6.07 Å². The second kappa shape index (κ2) is 6.29. The van der Waals surface area contributed by atoms with Gasteiger partial charge in [0.05, 0.1) is 23.0 Å². The van der Waals surface area contributed by atoms with Gasteiger partial charge in [-0.05, 0) is 42.8 Å². The summed E-state index contributed by atoms with van der Waals surface area (Å²) in [6.07, 6.45) is 1.70. The van der Waals surface area contributed by atoms with Crippen molar-refractivity contribution < 1.29 is 4.79 Å². The van der Waals surface area contributed by atoms with Crippen molar-refractivity contribution in [1.82, 2.24) is 20.4 Å². The number of anilines is 1. The number of amides is 1. The quantitative estimate of drug-likeness (QED) is 0.531. The summed E-state index contributed by atoms with van der Waals surface area (Å²) < 4.78 is 0. The van der Waals surface area contributed by atoms with Gasteiger partial charge in [0.25, 0.3) is 11.5 Å². The summed E-state index contributed by atoms with van der Waals surface area (Å²) in [5.41, 5.74) is 3.99. The summed E-state index contributed by atoms with van der Waals surface area (Å²) in [4.78, 5) is 23.9. The van der Waals surface area contributed by atoms with Gasteiger partial charge in [-0.25, -0.2) is 5.10 Å². The Kier molecular flexibility index (Phi) is 3.81. The third kappa shape index (κ3) is 2.98. The van der Waals surface area contributed by atoms with Gasteiger partial charge in [0.1, 0.15) is 0 Å². The molecule has 7 heteroatoms. The van der Waals surface area contributed by atoms with Crippen LogP contribution in [0.5, 0.6) is 0 Å². The fourth-order valence-electron chi connectivity index (χ4n) is 2.85. The van der Waals surface area contributed by atoms with E-state index in [-0.39, 0.29) is 11.5 Å². The average molecular weight is 345 g/mol. The van der Waals surface area contributed by atoms with Crippen molar-refractivity contribution in [2.75, 3.05) is 5.32 Å². The van der Waals surface area contributed by atoms with Crippen LogP contribution in [-0.2, 0) is 0 Å². The van der Waals surface area contributed by atoms with Crippen LogP contribution in [0.15, 0.2) is 59.5 Å². The molecule has 1 amide bonds. The lowest BCUT2D eigenvalue weighted by Crippen LogP contribution is -2.13. The minimum atomic E-state index is -0.263. The second-order valence-corrected chi connectivity index (χ2v) is 5.99. The van der Waals surface area contributed by atoms with E-state index in [0.717, 1.165) is 16.5 Å². The Morgan fingerprint density at radius 3 is 2.77 bits per heavy atom. The fourth-order valence-corrected chi connectivity index (χ4v) is 2.85. The van der Waals surface area contributed by atoms with Gasteiger partial charge in [-0.3, -0.25) is 14.7 Å². The molecule has 3 N–H and O–H groups in total. The molecular formula is C19H15N5O2. The first kappa shape index (κ1) is 15.8. The maximum absolute atomic E-state index is 12.7. The zero-order chi connectivity index (χ0) is 18.1. The molecule has 0 aliphatic heterocycles. The van der Waals surface area contributed by atoms with Gasteiger partial charge >= 0.3 is 0 Å². The molecule has 0 fully saturated rings. The van der Waals surface area contributed by atoms with Crippen molar-refractivity contribution >= 4 is 22.5 Å². The number of carbonyl (C=O) groups excluding carboxylic acids is 1. The number of aromatic amines is 2. The third-order valence-corrected chi connectivity index (χ3v) is 4.03. The second-order valence-electron chi connectivity index (χ2n) is 5.99. The Balaban J connectivity index is 1.65. The summed E-state index contributed by atoms with van der Waals surface area (Å²) in [6.45, 7) is 1.94. The van der Waals surface area contributed by atoms with E-state index >= 15 is 0 Å². The highest BCUT2D eigenvalue weighted by Gasteiger charge is 2.13. The van der Waals surface area contributed by atoms with Crippen LogP contribution in [0.25, 0.3) is 22.2 Å². The van der Waals surface area contributed by atoms with Crippen LogP contribution in [-0.4, -0.2) is 26.3 Å². The molecule has 2 aromatic heterocycles. The summed E-state index contributed by atoms with van der Waals surface area (Å²) >= 11 is 0. The molecule has 0 aliphatic carbocycles. The van der Waals surface area contributed by atoms with E-state index in [0.29, 0.717) is 22.5 Å². The lowest BCUT2D eigenvalue weighted by molar-refractivity contribution is 0.102. The number of hydrogen-bond acceptors (Lipinski definition) is 4. The Bertz CT molecular complexity index is 1160. The van der Waals surface area contributed by atoms with Crippen LogP contribution in [0.1, 0.15) is 15.9 Å². The summed E-state index contributed by atoms with van der Waals surface area (Å²) in [5, 5.41) is 17.1. The van der Waals surface area contributed by atoms with Crippen molar-refractivity contribution in [1.29, 1.82) is 0 Å². The van der Waals surface area contributed by atoms with Gasteiger partial charge in [0, 0.05) is 22.7 Å². The largest absolute Gasteiger partial charge is 0.322 e. The summed E-state index contributed by atoms with van der Waals surface area (Å²) in [5.74, 6) is -0.227. The van der Waals surface area contributed by atoms with Crippen molar-refractivity contribution in [3.63, 3.8) is 0 Å². The molecule has 0 saturated carbocycles. The number of nitrogens with one attached hydrogen (secondary N) is 3. The van der Waals surface area contributed by atoms with Crippen LogP contribution in [0.4, 0.5) is 5.69 Å². The van der Waals surface area contributed by atoms with E-state index in [1.54, 1.807) is 24.4 Å². The van der Waals surface area contributed by atoms with Crippen LogP contribution in [0.2, 0.25) is 0 Å². The number of aromatic nitrogens is 4. The molecule has 2 aromatic carbocycles. The number of carbonyl (C=O) groups is 1. The van der Waals surface area contributed by atoms with Crippen LogP contribution in [0, 0.1) is 6.92 Å². The lowest BCUT2D eigenvalue weighted by atomic mass is 10.1. The van der Waals surface area contributed by atoms with Crippen molar-refractivity contribution in [3.8, 4) is 11.3 Å². The number of fused-ring (bicyclic) bond motifs is 1. The molecule has 4 aromatic rings. The first-order chi connectivity index (χ1) is 12.6. The molecule has 4 rings (SSSR count). The van der Waals surface area contributed by atoms with E-state index in [2.05, 4.69) is 25.7 Å². The highest BCUT2D eigenvalue weighted by molar-refractivity contribution is 6.12. The monoisotopic (exact) mass is 345 g/mol. The maximum Gasteiger partial charge on any atom is 0.264 e. The molecule has 2 heterocycles. The van der Waals surface area contributed by atoms with Gasteiger partial charge in [0.15, 0.2) is 0 Å². The van der Waals surface area contributed by atoms with Crippen LogP contribution < -0.4 is 10.9 Å². The SMILES string of the molecule is Cc1cc(C(=O)Nc2cccc(-c3ccc(=O)[nH]n3)c2)c2[nH]ncc2c1. The molecule has 0 unspecified atom stereocenters. The zero-order valence-corrected chi connectivity index (χ0v) is 13.9. The summed E-state index contributed by atoms with van der Waals surface area (Å²) in [7, 11) is 0. The molecule has 0 radical (unpaired) electrons. The number of nitrogens with zero attached hydrogens (tertiary/aromatic N) is 2. The van der Waals surface area contributed by atoms with E-state index in [1.807, 2.05) is 31.2 Å². The van der Waals surface area contributed by atoms with E-state index < -0.39 is 0 Å². The van der Waals surface area contributed by atoms with Gasteiger partial charge in [0.2, 0.25) is 0 Å².